The predicted molar refractivity (Wildman–Crippen MR) is 46.9 cm³/mol. The molecule has 0 aliphatic carbocycles. The van der Waals surface area contributed by atoms with Gasteiger partial charge in [-0.1, -0.05) is 0 Å². The second kappa shape index (κ2) is 5.97. The van der Waals surface area contributed by atoms with Gasteiger partial charge in [0.05, 0.1) is 6.10 Å². The Balaban J connectivity index is 3.51. The summed E-state index contributed by atoms with van der Waals surface area (Å²) in [5.74, 6) is 0.786. The van der Waals surface area contributed by atoms with Gasteiger partial charge in [0.25, 0.3) is 0 Å². The summed E-state index contributed by atoms with van der Waals surface area (Å²) < 4.78 is 5.04. The summed E-state index contributed by atoms with van der Waals surface area (Å²) in [5.41, 5.74) is 0. The fourth-order valence-electron chi connectivity index (χ4n) is 0.603. The monoisotopic (exact) mass is 159 g/mol. The average Bonchev–Trinajstić information content (AvgIpc) is 2.06. The van der Waals surface area contributed by atoms with Crippen molar-refractivity contribution in [1.29, 1.82) is 0 Å². The number of aliphatic imine (C=N–C) groups is 1. The van der Waals surface area contributed by atoms with E-state index in [1.807, 2.05) is 14.0 Å². The molecular weight excluding hydrogens is 142 g/mol. The van der Waals surface area contributed by atoms with Crippen molar-refractivity contribution in [3.63, 3.8) is 0 Å². The SMILES string of the molecule is CN=C(NC)NCC(C)OC. The molecule has 0 heterocycles. The number of nitrogens with one attached hydrogen (secondary N) is 2. The molecule has 0 saturated carbocycles. The van der Waals surface area contributed by atoms with Crippen molar-refractivity contribution in [2.75, 3.05) is 27.7 Å². The van der Waals surface area contributed by atoms with Gasteiger partial charge in [0.15, 0.2) is 5.96 Å². The number of rotatable bonds is 3. The Kier molecular flexibility index (Phi) is 5.56. The van der Waals surface area contributed by atoms with E-state index in [0.29, 0.717) is 0 Å². The lowest BCUT2D eigenvalue weighted by atomic mass is 10.4. The van der Waals surface area contributed by atoms with Gasteiger partial charge in [0.1, 0.15) is 0 Å². The molecule has 4 heteroatoms. The van der Waals surface area contributed by atoms with Gasteiger partial charge in [-0.3, -0.25) is 4.99 Å². The van der Waals surface area contributed by atoms with Crippen LogP contribution in [0.3, 0.4) is 0 Å². The molecular formula is C7H17N3O. The molecule has 0 amide bonds. The molecule has 0 rings (SSSR count). The minimum atomic E-state index is 0.208. The molecule has 0 bridgehead atoms. The van der Waals surface area contributed by atoms with Crippen LogP contribution in [0, 0.1) is 0 Å². The maximum Gasteiger partial charge on any atom is 0.190 e. The Bertz CT molecular complexity index is 125. The zero-order valence-electron chi connectivity index (χ0n) is 7.64. The van der Waals surface area contributed by atoms with Crippen LogP contribution < -0.4 is 10.6 Å². The fourth-order valence-corrected chi connectivity index (χ4v) is 0.603. The quantitative estimate of drug-likeness (QED) is 0.443. The zero-order chi connectivity index (χ0) is 8.69. The van der Waals surface area contributed by atoms with Crippen molar-refractivity contribution in [3.05, 3.63) is 0 Å². The smallest absolute Gasteiger partial charge is 0.190 e. The summed E-state index contributed by atoms with van der Waals surface area (Å²) in [6, 6.07) is 0. The highest BCUT2D eigenvalue weighted by Gasteiger charge is 1.98. The first kappa shape index (κ1) is 10.2. The van der Waals surface area contributed by atoms with Crippen LogP contribution in [-0.2, 0) is 4.74 Å². The zero-order valence-corrected chi connectivity index (χ0v) is 7.64. The molecule has 66 valence electrons. The van der Waals surface area contributed by atoms with Gasteiger partial charge in [-0.25, -0.2) is 0 Å². The molecule has 4 nitrogen and oxygen atoms in total. The Hall–Kier alpha value is -0.770. The van der Waals surface area contributed by atoms with E-state index in [-0.39, 0.29) is 6.10 Å². The summed E-state index contributed by atoms with van der Waals surface area (Å²) in [7, 11) is 5.25. The van der Waals surface area contributed by atoms with Crippen LogP contribution in [0.5, 0.6) is 0 Å². The standard InChI is InChI=1S/C7H17N3O/c1-6(11-4)5-10-7(8-2)9-3/h6H,5H2,1-4H3,(H2,8,9,10). The molecule has 11 heavy (non-hydrogen) atoms. The van der Waals surface area contributed by atoms with Crippen molar-refractivity contribution in [1.82, 2.24) is 10.6 Å². The third-order valence-corrected chi connectivity index (χ3v) is 1.42. The van der Waals surface area contributed by atoms with Gasteiger partial charge in [-0.15, -0.1) is 0 Å². The Morgan fingerprint density at radius 2 is 2.27 bits per heavy atom. The summed E-state index contributed by atoms with van der Waals surface area (Å²) in [6.07, 6.45) is 0.208. The molecule has 0 aliphatic rings. The average molecular weight is 159 g/mol. The Labute approximate surface area is 68.0 Å². The summed E-state index contributed by atoms with van der Waals surface area (Å²) >= 11 is 0. The molecule has 0 aromatic carbocycles. The van der Waals surface area contributed by atoms with Gasteiger partial charge >= 0.3 is 0 Å². The highest BCUT2D eigenvalue weighted by atomic mass is 16.5. The van der Waals surface area contributed by atoms with E-state index < -0.39 is 0 Å². The highest BCUT2D eigenvalue weighted by Crippen LogP contribution is 1.82. The second-order valence-corrected chi connectivity index (χ2v) is 2.25. The first-order valence-corrected chi connectivity index (χ1v) is 3.65. The van der Waals surface area contributed by atoms with Crippen LogP contribution in [0.1, 0.15) is 6.92 Å². The van der Waals surface area contributed by atoms with Gasteiger partial charge < -0.3 is 15.4 Å². The Morgan fingerprint density at radius 1 is 1.64 bits per heavy atom. The normalized spacial score (nSPS) is 14.4. The van der Waals surface area contributed by atoms with E-state index in [1.165, 1.54) is 0 Å². The van der Waals surface area contributed by atoms with Crippen LogP contribution in [0.25, 0.3) is 0 Å². The lowest BCUT2D eigenvalue weighted by Crippen LogP contribution is -2.38. The van der Waals surface area contributed by atoms with Crippen molar-refractivity contribution < 1.29 is 4.74 Å². The lowest BCUT2D eigenvalue weighted by Gasteiger charge is -2.12. The van der Waals surface area contributed by atoms with E-state index in [1.54, 1.807) is 14.2 Å². The molecule has 0 fully saturated rings. The molecule has 1 unspecified atom stereocenters. The molecule has 0 radical (unpaired) electrons. The molecule has 0 aromatic rings. The van der Waals surface area contributed by atoms with Crippen LogP contribution in [0.15, 0.2) is 4.99 Å². The fraction of sp³-hybridized carbons (Fsp3) is 0.857. The minimum absolute atomic E-state index is 0.208. The number of hydrogen-bond donors (Lipinski definition) is 2. The number of nitrogens with zero attached hydrogens (tertiary/aromatic N) is 1. The number of guanidine groups is 1. The lowest BCUT2D eigenvalue weighted by molar-refractivity contribution is 0.121. The molecule has 0 aromatic heterocycles. The van der Waals surface area contributed by atoms with Gasteiger partial charge in [-0.2, -0.15) is 0 Å². The maximum atomic E-state index is 5.04. The van der Waals surface area contributed by atoms with E-state index >= 15 is 0 Å². The van der Waals surface area contributed by atoms with Crippen molar-refractivity contribution in [3.8, 4) is 0 Å². The third kappa shape index (κ3) is 4.61. The maximum absolute atomic E-state index is 5.04. The second-order valence-electron chi connectivity index (χ2n) is 2.25. The van der Waals surface area contributed by atoms with Gasteiger partial charge in [0.2, 0.25) is 0 Å². The van der Waals surface area contributed by atoms with Gasteiger partial charge in [-0.05, 0) is 6.92 Å². The largest absolute Gasteiger partial charge is 0.380 e. The number of methoxy groups -OCH3 is 1. The first-order chi connectivity index (χ1) is 5.24. The highest BCUT2D eigenvalue weighted by molar-refractivity contribution is 5.79. The van der Waals surface area contributed by atoms with E-state index in [0.717, 1.165) is 12.5 Å². The number of hydrogen-bond acceptors (Lipinski definition) is 2. The molecule has 1 atom stereocenters. The van der Waals surface area contributed by atoms with Crippen LogP contribution in [0.2, 0.25) is 0 Å². The topological polar surface area (TPSA) is 45.7 Å². The molecule has 2 N–H and O–H groups in total. The van der Waals surface area contributed by atoms with Crippen LogP contribution >= 0.6 is 0 Å². The third-order valence-electron chi connectivity index (χ3n) is 1.42. The van der Waals surface area contributed by atoms with Crippen molar-refractivity contribution in [2.24, 2.45) is 4.99 Å². The molecule has 0 aliphatic heterocycles. The van der Waals surface area contributed by atoms with E-state index in [9.17, 15) is 0 Å². The van der Waals surface area contributed by atoms with E-state index in [4.69, 9.17) is 4.74 Å². The predicted octanol–water partition coefficient (Wildman–Crippen LogP) is -0.184. The van der Waals surface area contributed by atoms with Crippen molar-refractivity contribution in [2.45, 2.75) is 13.0 Å². The minimum Gasteiger partial charge on any atom is -0.380 e. The van der Waals surface area contributed by atoms with Crippen LogP contribution in [-0.4, -0.2) is 39.8 Å². The van der Waals surface area contributed by atoms with Gasteiger partial charge in [0, 0.05) is 27.7 Å². The number of ether oxygens (including phenoxy) is 1. The van der Waals surface area contributed by atoms with Crippen molar-refractivity contribution >= 4 is 5.96 Å². The Morgan fingerprint density at radius 3 is 2.64 bits per heavy atom. The molecule has 0 saturated heterocycles. The van der Waals surface area contributed by atoms with E-state index in [2.05, 4.69) is 15.6 Å². The summed E-state index contributed by atoms with van der Waals surface area (Å²) in [5, 5.41) is 6.00. The molecule has 0 spiro atoms. The summed E-state index contributed by atoms with van der Waals surface area (Å²) in [4.78, 5) is 3.95. The summed E-state index contributed by atoms with van der Waals surface area (Å²) in [6.45, 7) is 2.76. The van der Waals surface area contributed by atoms with Crippen LogP contribution in [0.4, 0.5) is 0 Å². The first-order valence-electron chi connectivity index (χ1n) is 3.65.